The molecule has 0 aromatic carbocycles. The minimum atomic E-state index is 0.603. The normalized spacial score (nSPS) is 18.9. The van der Waals surface area contributed by atoms with E-state index in [1.54, 1.807) is 6.39 Å². The molecule has 17 heavy (non-hydrogen) atoms. The molecule has 1 heterocycles. The Morgan fingerprint density at radius 1 is 1.24 bits per heavy atom. The average molecular weight is 236 g/mol. The molecule has 0 amide bonds. The molecule has 3 nitrogen and oxygen atoms in total. The van der Waals surface area contributed by atoms with E-state index in [2.05, 4.69) is 17.2 Å². The molecule has 1 aliphatic carbocycles. The highest BCUT2D eigenvalue weighted by molar-refractivity contribution is 5.12. The Hall–Kier alpha value is -0.830. The van der Waals surface area contributed by atoms with Crippen molar-refractivity contribution in [2.24, 2.45) is 0 Å². The van der Waals surface area contributed by atoms with Crippen molar-refractivity contribution in [1.29, 1.82) is 0 Å². The van der Waals surface area contributed by atoms with E-state index < -0.39 is 0 Å². The van der Waals surface area contributed by atoms with Crippen molar-refractivity contribution >= 4 is 0 Å². The third kappa shape index (κ3) is 3.56. The Balaban J connectivity index is 2.00. The van der Waals surface area contributed by atoms with Crippen LogP contribution in [-0.4, -0.2) is 11.5 Å². The first-order valence-corrected chi connectivity index (χ1v) is 7.04. The van der Waals surface area contributed by atoms with Gasteiger partial charge in [0.1, 0.15) is 5.76 Å². The van der Waals surface area contributed by atoms with Crippen molar-refractivity contribution in [3.05, 3.63) is 17.8 Å². The largest absolute Gasteiger partial charge is 0.448 e. The predicted molar refractivity (Wildman–Crippen MR) is 68.9 cm³/mol. The summed E-state index contributed by atoms with van der Waals surface area (Å²) >= 11 is 0. The molecule has 3 heteroatoms. The van der Waals surface area contributed by atoms with Crippen LogP contribution in [-0.2, 0) is 6.54 Å². The van der Waals surface area contributed by atoms with Gasteiger partial charge in [-0.2, -0.15) is 0 Å². The van der Waals surface area contributed by atoms with E-state index >= 15 is 0 Å². The second-order valence-corrected chi connectivity index (χ2v) is 4.99. The summed E-state index contributed by atoms with van der Waals surface area (Å²) in [5.41, 5.74) is 1.12. The lowest BCUT2D eigenvalue weighted by Gasteiger charge is -2.18. The maximum absolute atomic E-state index is 5.65. The lowest BCUT2D eigenvalue weighted by Crippen LogP contribution is -2.14. The van der Waals surface area contributed by atoms with Crippen molar-refractivity contribution < 1.29 is 4.42 Å². The van der Waals surface area contributed by atoms with E-state index in [1.165, 1.54) is 44.9 Å². The Morgan fingerprint density at radius 3 is 2.65 bits per heavy atom. The van der Waals surface area contributed by atoms with Crippen molar-refractivity contribution in [1.82, 2.24) is 10.3 Å². The van der Waals surface area contributed by atoms with Gasteiger partial charge in [0, 0.05) is 12.5 Å². The number of oxazole rings is 1. The first kappa shape index (κ1) is 12.6. The first-order valence-electron chi connectivity index (χ1n) is 7.04. The van der Waals surface area contributed by atoms with Gasteiger partial charge in [-0.05, 0) is 19.4 Å². The van der Waals surface area contributed by atoms with Gasteiger partial charge in [0.2, 0.25) is 0 Å². The summed E-state index contributed by atoms with van der Waals surface area (Å²) < 4.78 is 5.65. The van der Waals surface area contributed by atoms with Crippen LogP contribution < -0.4 is 5.32 Å². The van der Waals surface area contributed by atoms with Gasteiger partial charge in [-0.1, -0.05) is 39.0 Å². The summed E-state index contributed by atoms with van der Waals surface area (Å²) in [5.74, 6) is 1.75. The standard InChI is InChI=1S/C14H24N2O/c1-2-15-10-13-14(17-11-16-13)12-8-6-4-3-5-7-9-12/h11-12,15H,2-10H2,1H3. The maximum Gasteiger partial charge on any atom is 0.181 e. The van der Waals surface area contributed by atoms with E-state index in [9.17, 15) is 0 Å². The molecule has 0 bridgehead atoms. The van der Waals surface area contributed by atoms with Crippen LogP contribution in [0.5, 0.6) is 0 Å². The van der Waals surface area contributed by atoms with Crippen LogP contribution in [0.25, 0.3) is 0 Å². The zero-order chi connectivity index (χ0) is 11.9. The van der Waals surface area contributed by atoms with E-state index in [-0.39, 0.29) is 0 Å². The highest BCUT2D eigenvalue weighted by atomic mass is 16.3. The van der Waals surface area contributed by atoms with Crippen LogP contribution in [0.4, 0.5) is 0 Å². The monoisotopic (exact) mass is 236 g/mol. The minimum Gasteiger partial charge on any atom is -0.448 e. The van der Waals surface area contributed by atoms with Gasteiger partial charge in [0.25, 0.3) is 0 Å². The topological polar surface area (TPSA) is 38.1 Å². The molecule has 1 aliphatic rings. The van der Waals surface area contributed by atoms with Crippen molar-refractivity contribution in [3.63, 3.8) is 0 Å². The molecule has 0 saturated heterocycles. The van der Waals surface area contributed by atoms with Gasteiger partial charge in [-0.3, -0.25) is 0 Å². The zero-order valence-electron chi connectivity index (χ0n) is 10.9. The molecule has 96 valence electrons. The van der Waals surface area contributed by atoms with E-state index in [1.807, 2.05) is 0 Å². The number of hydrogen-bond acceptors (Lipinski definition) is 3. The highest BCUT2D eigenvalue weighted by Crippen LogP contribution is 2.32. The Labute approximate surface area is 104 Å². The molecule has 1 saturated carbocycles. The number of aromatic nitrogens is 1. The highest BCUT2D eigenvalue weighted by Gasteiger charge is 2.20. The molecule has 0 atom stereocenters. The summed E-state index contributed by atoms with van der Waals surface area (Å²) in [6, 6.07) is 0. The second kappa shape index (κ2) is 6.80. The lowest BCUT2D eigenvalue weighted by molar-refractivity contribution is 0.383. The molecular weight excluding hydrogens is 212 g/mol. The van der Waals surface area contributed by atoms with Crippen molar-refractivity contribution in [3.8, 4) is 0 Å². The minimum absolute atomic E-state index is 0.603. The van der Waals surface area contributed by atoms with Crippen LogP contribution in [0.3, 0.4) is 0 Å². The lowest BCUT2D eigenvalue weighted by atomic mass is 9.88. The fourth-order valence-electron chi connectivity index (χ4n) is 2.70. The summed E-state index contributed by atoms with van der Waals surface area (Å²) in [7, 11) is 0. The van der Waals surface area contributed by atoms with Crippen LogP contribution in [0.2, 0.25) is 0 Å². The first-order chi connectivity index (χ1) is 8.42. The Kier molecular flexibility index (Phi) is 5.05. The second-order valence-electron chi connectivity index (χ2n) is 4.99. The fourth-order valence-corrected chi connectivity index (χ4v) is 2.70. The third-order valence-corrected chi connectivity index (χ3v) is 3.69. The predicted octanol–water partition coefficient (Wildman–Crippen LogP) is 3.61. The smallest absolute Gasteiger partial charge is 0.181 e. The molecule has 2 rings (SSSR count). The Bertz CT molecular complexity index is 314. The van der Waals surface area contributed by atoms with Crippen molar-refractivity contribution in [2.45, 2.75) is 64.3 Å². The van der Waals surface area contributed by atoms with Crippen LogP contribution in [0.1, 0.15) is 69.2 Å². The number of rotatable bonds is 4. The van der Waals surface area contributed by atoms with Gasteiger partial charge in [0.15, 0.2) is 6.39 Å². The van der Waals surface area contributed by atoms with Gasteiger partial charge in [-0.15, -0.1) is 0 Å². The molecule has 1 N–H and O–H groups in total. The van der Waals surface area contributed by atoms with Gasteiger partial charge < -0.3 is 9.73 Å². The Morgan fingerprint density at radius 2 is 1.94 bits per heavy atom. The molecule has 0 radical (unpaired) electrons. The summed E-state index contributed by atoms with van der Waals surface area (Å²) in [6.07, 6.45) is 11.0. The van der Waals surface area contributed by atoms with Crippen LogP contribution in [0, 0.1) is 0 Å². The number of nitrogens with one attached hydrogen (secondary N) is 1. The molecule has 1 aromatic heterocycles. The molecule has 1 aromatic rings. The third-order valence-electron chi connectivity index (χ3n) is 3.69. The fraction of sp³-hybridized carbons (Fsp3) is 0.786. The van der Waals surface area contributed by atoms with Crippen LogP contribution in [0.15, 0.2) is 10.8 Å². The molecule has 0 unspecified atom stereocenters. The summed E-state index contributed by atoms with van der Waals surface area (Å²) in [6.45, 7) is 3.95. The molecular formula is C14H24N2O. The van der Waals surface area contributed by atoms with E-state index in [4.69, 9.17) is 4.42 Å². The van der Waals surface area contributed by atoms with E-state index in [0.717, 1.165) is 24.5 Å². The summed E-state index contributed by atoms with van der Waals surface area (Å²) in [4.78, 5) is 4.35. The van der Waals surface area contributed by atoms with Gasteiger partial charge in [-0.25, -0.2) is 4.98 Å². The molecule has 0 aliphatic heterocycles. The molecule has 0 spiro atoms. The summed E-state index contributed by atoms with van der Waals surface area (Å²) in [5, 5.41) is 3.34. The number of hydrogen-bond donors (Lipinski definition) is 1. The van der Waals surface area contributed by atoms with Crippen molar-refractivity contribution in [2.75, 3.05) is 6.54 Å². The quantitative estimate of drug-likeness (QED) is 0.867. The zero-order valence-corrected chi connectivity index (χ0v) is 10.9. The van der Waals surface area contributed by atoms with Crippen LogP contribution >= 0.6 is 0 Å². The van der Waals surface area contributed by atoms with Gasteiger partial charge in [0.05, 0.1) is 5.69 Å². The van der Waals surface area contributed by atoms with E-state index in [0.29, 0.717) is 5.92 Å². The van der Waals surface area contributed by atoms with Gasteiger partial charge >= 0.3 is 0 Å². The average Bonchev–Trinajstić information content (AvgIpc) is 2.74. The number of nitrogens with zero attached hydrogens (tertiary/aromatic N) is 1. The SMILES string of the molecule is CCNCc1ncoc1C1CCCCCCC1. The maximum atomic E-state index is 5.65. The molecule has 1 fully saturated rings.